The molecule has 1 aliphatic rings. The fourth-order valence-electron chi connectivity index (χ4n) is 3.46. The van der Waals surface area contributed by atoms with Gasteiger partial charge in [-0.2, -0.15) is 0 Å². The van der Waals surface area contributed by atoms with Crippen LogP contribution in [0.1, 0.15) is 28.5 Å². The molecule has 6 heteroatoms. The van der Waals surface area contributed by atoms with Crippen molar-refractivity contribution in [2.75, 3.05) is 17.3 Å². The Morgan fingerprint density at radius 2 is 1.93 bits per heavy atom. The predicted molar refractivity (Wildman–Crippen MR) is 109 cm³/mol. The summed E-state index contributed by atoms with van der Waals surface area (Å²) in [5, 5.41) is 3.22. The number of ether oxygens (including phenoxy) is 1. The van der Waals surface area contributed by atoms with Crippen LogP contribution in [0.3, 0.4) is 0 Å². The lowest BCUT2D eigenvalue weighted by molar-refractivity contribution is 0.0976. The molecule has 2 aromatic carbocycles. The Morgan fingerprint density at radius 1 is 1.14 bits per heavy atom. The van der Waals surface area contributed by atoms with Crippen LogP contribution in [0.5, 0.6) is 5.75 Å². The molecule has 3 aromatic rings. The molecule has 0 bridgehead atoms. The lowest BCUT2D eigenvalue weighted by Crippen LogP contribution is -2.36. The van der Waals surface area contributed by atoms with Crippen molar-refractivity contribution < 1.29 is 9.53 Å². The van der Waals surface area contributed by atoms with E-state index in [0.717, 1.165) is 23.4 Å². The Morgan fingerprint density at radius 3 is 2.64 bits per heavy atom. The summed E-state index contributed by atoms with van der Waals surface area (Å²) in [7, 11) is 1.65. The third kappa shape index (κ3) is 3.53. The average Bonchev–Trinajstić information content (AvgIpc) is 3.08. The Bertz CT molecular complexity index is 971. The molecule has 0 aliphatic carbocycles. The molecule has 1 atom stereocenters. The summed E-state index contributed by atoms with van der Waals surface area (Å²) < 4.78 is 5.16. The molecule has 6 nitrogen and oxygen atoms in total. The van der Waals surface area contributed by atoms with Crippen molar-refractivity contribution in [2.45, 2.75) is 25.9 Å². The number of para-hydroxylation sites is 1. The van der Waals surface area contributed by atoms with Gasteiger partial charge in [-0.1, -0.05) is 30.3 Å². The third-order valence-corrected chi connectivity index (χ3v) is 4.93. The van der Waals surface area contributed by atoms with Gasteiger partial charge >= 0.3 is 0 Å². The van der Waals surface area contributed by atoms with Crippen molar-refractivity contribution in [3.8, 4) is 5.75 Å². The van der Waals surface area contributed by atoms with Gasteiger partial charge < -0.3 is 15.0 Å². The highest BCUT2D eigenvalue weighted by atomic mass is 16.5. The van der Waals surface area contributed by atoms with E-state index in [4.69, 9.17) is 4.74 Å². The number of hydrogen-bond donors (Lipinski definition) is 1. The molecule has 1 aromatic heterocycles. The molecule has 4 rings (SSSR count). The van der Waals surface area contributed by atoms with Gasteiger partial charge in [0.1, 0.15) is 17.3 Å². The van der Waals surface area contributed by atoms with Gasteiger partial charge in [-0.25, -0.2) is 9.97 Å². The molecule has 2 heterocycles. The minimum absolute atomic E-state index is 0.111. The van der Waals surface area contributed by atoms with Gasteiger partial charge in [0, 0.05) is 18.3 Å². The van der Waals surface area contributed by atoms with Crippen molar-refractivity contribution in [3.63, 3.8) is 0 Å². The summed E-state index contributed by atoms with van der Waals surface area (Å²) in [6.45, 7) is 2.67. The Kier molecular flexibility index (Phi) is 4.93. The molecular formula is C22H22N4O2. The van der Waals surface area contributed by atoms with Crippen LogP contribution >= 0.6 is 0 Å². The molecule has 1 unspecified atom stereocenters. The maximum Gasteiger partial charge on any atom is 0.278 e. The normalized spacial score (nSPS) is 15.2. The fraction of sp³-hybridized carbons (Fsp3) is 0.227. The van der Waals surface area contributed by atoms with Crippen LogP contribution in [0, 0.1) is 0 Å². The molecule has 142 valence electrons. The second-order valence-electron chi connectivity index (χ2n) is 6.85. The van der Waals surface area contributed by atoms with E-state index in [-0.39, 0.29) is 11.9 Å². The zero-order valence-electron chi connectivity index (χ0n) is 15.9. The van der Waals surface area contributed by atoms with E-state index in [2.05, 4.69) is 28.3 Å². The molecule has 0 saturated heterocycles. The molecule has 28 heavy (non-hydrogen) atoms. The molecule has 0 fully saturated rings. The van der Waals surface area contributed by atoms with Crippen LogP contribution in [0.2, 0.25) is 0 Å². The number of nitrogens with one attached hydrogen (secondary N) is 1. The summed E-state index contributed by atoms with van der Waals surface area (Å²) >= 11 is 0. The quantitative estimate of drug-likeness (QED) is 0.738. The first-order valence-corrected chi connectivity index (χ1v) is 9.26. The Labute approximate surface area is 164 Å². The van der Waals surface area contributed by atoms with E-state index >= 15 is 0 Å². The summed E-state index contributed by atoms with van der Waals surface area (Å²) in [6.07, 6.45) is 3.99. The van der Waals surface area contributed by atoms with Gasteiger partial charge in [0.2, 0.25) is 0 Å². The number of benzene rings is 2. The number of anilines is 2. The number of amides is 1. The van der Waals surface area contributed by atoms with Crippen molar-refractivity contribution in [1.82, 2.24) is 9.97 Å². The SMILES string of the molecule is COc1ccc(CNc2cnc(C(=O)N3c4ccccc4CC3C)cn2)cc1. The Balaban J connectivity index is 1.43. The molecular weight excluding hydrogens is 352 g/mol. The highest BCUT2D eigenvalue weighted by Crippen LogP contribution is 2.32. The largest absolute Gasteiger partial charge is 0.497 e. The van der Waals surface area contributed by atoms with Crippen LogP contribution < -0.4 is 15.0 Å². The molecule has 1 amide bonds. The van der Waals surface area contributed by atoms with E-state index in [9.17, 15) is 4.79 Å². The van der Waals surface area contributed by atoms with Gasteiger partial charge in [-0.05, 0) is 42.7 Å². The number of aromatic nitrogens is 2. The van der Waals surface area contributed by atoms with Crippen LogP contribution in [0.4, 0.5) is 11.5 Å². The Hall–Kier alpha value is -3.41. The number of rotatable bonds is 5. The second kappa shape index (κ2) is 7.68. The molecule has 0 radical (unpaired) electrons. The van der Waals surface area contributed by atoms with Crippen molar-refractivity contribution in [3.05, 3.63) is 77.7 Å². The number of nitrogens with zero attached hydrogens (tertiary/aromatic N) is 3. The summed E-state index contributed by atoms with van der Waals surface area (Å²) in [5.41, 5.74) is 3.60. The zero-order valence-corrected chi connectivity index (χ0v) is 15.9. The lowest BCUT2D eigenvalue weighted by Gasteiger charge is -2.22. The summed E-state index contributed by atoms with van der Waals surface area (Å²) in [6, 6.07) is 15.9. The molecule has 0 saturated carbocycles. The number of hydrogen-bond acceptors (Lipinski definition) is 5. The van der Waals surface area contributed by atoms with Crippen LogP contribution in [0.15, 0.2) is 60.9 Å². The first-order chi connectivity index (χ1) is 13.7. The van der Waals surface area contributed by atoms with E-state index in [1.54, 1.807) is 13.3 Å². The van der Waals surface area contributed by atoms with Gasteiger partial charge in [0.25, 0.3) is 5.91 Å². The minimum atomic E-state index is -0.119. The molecule has 1 aliphatic heterocycles. The standard InChI is InChI=1S/C22H22N4O2/c1-15-11-17-5-3-4-6-20(17)26(15)22(27)19-13-25-21(14-23-19)24-12-16-7-9-18(28-2)10-8-16/h3-10,13-15H,11-12H2,1-2H3,(H,24,25). The van der Waals surface area contributed by atoms with Crippen LogP contribution in [-0.2, 0) is 13.0 Å². The average molecular weight is 374 g/mol. The first kappa shape index (κ1) is 18.0. The van der Waals surface area contributed by atoms with Crippen molar-refractivity contribution in [1.29, 1.82) is 0 Å². The fourth-order valence-corrected chi connectivity index (χ4v) is 3.46. The van der Waals surface area contributed by atoms with Gasteiger partial charge in [0.05, 0.1) is 19.5 Å². The van der Waals surface area contributed by atoms with Gasteiger partial charge in [-0.15, -0.1) is 0 Å². The minimum Gasteiger partial charge on any atom is -0.497 e. The molecule has 0 spiro atoms. The summed E-state index contributed by atoms with van der Waals surface area (Å²) in [4.78, 5) is 23.5. The van der Waals surface area contributed by atoms with E-state index in [0.29, 0.717) is 18.1 Å². The maximum atomic E-state index is 13.0. The lowest BCUT2D eigenvalue weighted by atomic mass is 10.1. The highest BCUT2D eigenvalue weighted by Gasteiger charge is 2.31. The first-order valence-electron chi connectivity index (χ1n) is 9.26. The van der Waals surface area contributed by atoms with Crippen molar-refractivity contribution >= 4 is 17.4 Å². The predicted octanol–water partition coefficient (Wildman–Crippen LogP) is 3.69. The number of methoxy groups -OCH3 is 1. The maximum absolute atomic E-state index is 13.0. The second-order valence-corrected chi connectivity index (χ2v) is 6.85. The third-order valence-electron chi connectivity index (χ3n) is 4.93. The van der Waals surface area contributed by atoms with E-state index in [1.807, 2.05) is 47.4 Å². The molecule has 1 N–H and O–H groups in total. The van der Waals surface area contributed by atoms with Crippen LogP contribution in [0.25, 0.3) is 0 Å². The van der Waals surface area contributed by atoms with E-state index < -0.39 is 0 Å². The van der Waals surface area contributed by atoms with Crippen molar-refractivity contribution in [2.24, 2.45) is 0 Å². The van der Waals surface area contributed by atoms with Gasteiger partial charge in [0.15, 0.2) is 0 Å². The van der Waals surface area contributed by atoms with Gasteiger partial charge in [-0.3, -0.25) is 4.79 Å². The zero-order chi connectivity index (χ0) is 19.5. The monoisotopic (exact) mass is 374 g/mol. The number of fused-ring (bicyclic) bond motifs is 1. The highest BCUT2D eigenvalue weighted by molar-refractivity contribution is 6.06. The van der Waals surface area contributed by atoms with E-state index in [1.165, 1.54) is 11.8 Å². The number of carbonyl (C=O) groups excluding carboxylic acids is 1. The topological polar surface area (TPSA) is 67.3 Å². The number of carbonyl (C=O) groups is 1. The van der Waals surface area contributed by atoms with Crippen LogP contribution in [-0.4, -0.2) is 29.0 Å². The summed E-state index contributed by atoms with van der Waals surface area (Å²) in [5.74, 6) is 1.33. The smallest absolute Gasteiger partial charge is 0.278 e.